The zero-order chi connectivity index (χ0) is 13.0. The van der Waals surface area contributed by atoms with Crippen LogP contribution in [0.25, 0.3) is 0 Å². The highest BCUT2D eigenvalue weighted by Crippen LogP contribution is 2.27. The Morgan fingerprint density at radius 3 is 2.94 bits per heavy atom. The summed E-state index contributed by atoms with van der Waals surface area (Å²) in [6.45, 7) is 2.86. The average molecular weight is 270 g/mol. The molecule has 2 unspecified atom stereocenters. The maximum Gasteiger partial charge on any atom is 0.137 e. The summed E-state index contributed by atoms with van der Waals surface area (Å²) < 4.78 is 0. The second kappa shape index (κ2) is 6.34. The third-order valence-electron chi connectivity index (χ3n) is 3.54. The van der Waals surface area contributed by atoms with E-state index in [1.165, 1.54) is 6.33 Å². The van der Waals surface area contributed by atoms with Crippen LogP contribution in [0.5, 0.6) is 0 Å². The third-order valence-corrected chi connectivity index (χ3v) is 3.87. The fourth-order valence-corrected chi connectivity index (χ4v) is 2.73. The number of rotatable bonds is 5. The van der Waals surface area contributed by atoms with Gasteiger partial charge in [0.1, 0.15) is 17.3 Å². The molecule has 0 radical (unpaired) electrons. The highest BCUT2D eigenvalue weighted by Gasteiger charge is 2.25. The second-order valence-electron chi connectivity index (χ2n) is 4.88. The molecule has 5 heteroatoms. The van der Waals surface area contributed by atoms with Gasteiger partial charge in [-0.05, 0) is 19.3 Å². The van der Waals surface area contributed by atoms with Gasteiger partial charge < -0.3 is 10.4 Å². The molecule has 2 rings (SSSR count). The highest BCUT2D eigenvalue weighted by molar-refractivity contribution is 6.30. The van der Waals surface area contributed by atoms with Crippen LogP contribution >= 0.6 is 11.6 Å². The van der Waals surface area contributed by atoms with Crippen LogP contribution in [-0.4, -0.2) is 27.7 Å². The van der Waals surface area contributed by atoms with Crippen molar-refractivity contribution in [2.75, 3.05) is 11.9 Å². The first-order chi connectivity index (χ1) is 8.72. The van der Waals surface area contributed by atoms with Crippen molar-refractivity contribution < 1.29 is 5.11 Å². The number of hydrogen-bond acceptors (Lipinski definition) is 4. The maximum absolute atomic E-state index is 9.80. The Morgan fingerprint density at radius 2 is 2.28 bits per heavy atom. The van der Waals surface area contributed by atoms with E-state index in [9.17, 15) is 5.11 Å². The van der Waals surface area contributed by atoms with Gasteiger partial charge in [-0.2, -0.15) is 0 Å². The van der Waals surface area contributed by atoms with Crippen molar-refractivity contribution in [1.82, 2.24) is 9.97 Å². The van der Waals surface area contributed by atoms with Gasteiger partial charge in [-0.15, -0.1) is 0 Å². The van der Waals surface area contributed by atoms with Crippen molar-refractivity contribution in [3.63, 3.8) is 0 Å². The summed E-state index contributed by atoms with van der Waals surface area (Å²) in [7, 11) is 0. The average Bonchev–Trinajstić information content (AvgIpc) is 2.76. The molecule has 1 saturated carbocycles. The van der Waals surface area contributed by atoms with Gasteiger partial charge in [-0.3, -0.25) is 0 Å². The predicted molar refractivity (Wildman–Crippen MR) is 72.9 cm³/mol. The van der Waals surface area contributed by atoms with Crippen LogP contribution < -0.4 is 5.32 Å². The van der Waals surface area contributed by atoms with Crippen LogP contribution in [-0.2, 0) is 6.42 Å². The van der Waals surface area contributed by atoms with Gasteiger partial charge in [0, 0.05) is 18.0 Å². The summed E-state index contributed by atoms with van der Waals surface area (Å²) in [6.07, 6.45) is 6.29. The first-order valence-electron chi connectivity index (χ1n) is 6.63. The van der Waals surface area contributed by atoms with Crippen molar-refractivity contribution >= 4 is 17.4 Å². The normalized spacial score (nSPS) is 23.3. The highest BCUT2D eigenvalue weighted by atomic mass is 35.5. The Labute approximate surface area is 113 Å². The fraction of sp³-hybridized carbons (Fsp3) is 0.692. The monoisotopic (exact) mass is 269 g/mol. The first kappa shape index (κ1) is 13.6. The molecule has 1 aromatic heterocycles. The lowest BCUT2D eigenvalue weighted by molar-refractivity contribution is 0.138. The number of nitrogens with zero attached hydrogens (tertiary/aromatic N) is 2. The van der Waals surface area contributed by atoms with Crippen LogP contribution in [0, 0.1) is 5.92 Å². The predicted octanol–water partition coefficient (Wildman–Crippen LogP) is 2.66. The number of aliphatic hydroxyl groups is 1. The molecule has 0 aromatic carbocycles. The van der Waals surface area contributed by atoms with Crippen molar-refractivity contribution in [1.29, 1.82) is 0 Å². The molecule has 100 valence electrons. The van der Waals surface area contributed by atoms with E-state index < -0.39 is 0 Å². The minimum atomic E-state index is -0.176. The van der Waals surface area contributed by atoms with E-state index in [4.69, 9.17) is 11.6 Å². The van der Waals surface area contributed by atoms with E-state index in [1.54, 1.807) is 0 Å². The Hall–Kier alpha value is -0.870. The largest absolute Gasteiger partial charge is 0.393 e. The number of nitrogens with one attached hydrogen (secondary N) is 1. The number of halogens is 1. The molecule has 4 nitrogen and oxygen atoms in total. The molecule has 18 heavy (non-hydrogen) atoms. The minimum absolute atomic E-state index is 0.176. The van der Waals surface area contributed by atoms with Gasteiger partial charge in [0.2, 0.25) is 0 Å². The van der Waals surface area contributed by atoms with Crippen molar-refractivity contribution in [2.24, 2.45) is 5.92 Å². The summed E-state index contributed by atoms with van der Waals surface area (Å²) in [6, 6.07) is 0. The van der Waals surface area contributed by atoms with Gasteiger partial charge in [0.15, 0.2) is 0 Å². The molecule has 0 spiro atoms. The standard InChI is InChI=1S/C13H20ClN3O/c1-2-4-10-12(14)16-8-17-13(10)15-7-9-5-3-6-11(9)18/h8-9,11,18H,2-7H2,1H3,(H,15,16,17). The Bertz CT molecular complexity index is 400. The number of hydrogen-bond donors (Lipinski definition) is 2. The van der Waals surface area contributed by atoms with Gasteiger partial charge in [0.25, 0.3) is 0 Å². The SMILES string of the molecule is CCCc1c(Cl)ncnc1NCC1CCCC1O. The number of aliphatic hydroxyl groups excluding tert-OH is 1. The lowest BCUT2D eigenvalue weighted by Gasteiger charge is -2.17. The van der Waals surface area contributed by atoms with Gasteiger partial charge in [-0.25, -0.2) is 9.97 Å². The molecule has 1 aliphatic rings. The molecule has 1 heterocycles. The van der Waals surface area contributed by atoms with Gasteiger partial charge >= 0.3 is 0 Å². The summed E-state index contributed by atoms with van der Waals surface area (Å²) in [5.41, 5.74) is 0.981. The molecule has 0 bridgehead atoms. The molecular weight excluding hydrogens is 250 g/mol. The lowest BCUT2D eigenvalue weighted by Crippen LogP contribution is -2.22. The quantitative estimate of drug-likeness (QED) is 0.807. The zero-order valence-electron chi connectivity index (χ0n) is 10.7. The lowest BCUT2D eigenvalue weighted by atomic mass is 10.1. The number of aromatic nitrogens is 2. The van der Waals surface area contributed by atoms with E-state index in [2.05, 4.69) is 22.2 Å². The maximum atomic E-state index is 9.80. The van der Waals surface area contributed by atoms with Crippen LogP contribution in [0.4, 0.5) is 5.82 Å². The molecule has 0 amide bonds. The molecule has 2 atom stereocenters. The topological polar surface area (TPSA) is 58.0 Å². The second-order valence-corrected chi connectivity index (χ2v) is 5.24. The minimum Gasteiger partial charge on any atom is -0.393 e. The van der Waals surface area contributed by atoms with Gasteiger partial charge in [-0.1, -0.05) is 31.4 Å². The van der Waals surface area contributed by atoms with Crippen LogP contribution in [0.15, 0.2) is 6.33 Å². The zero-order valence-corrected chi connectivity index (χ0v) is 11.5. The summed E-state index contributed by atoms with van der Waals surface area (Å²) in [5, 5.41) is 13.6. The Kier molecular flexibility index (Phi) is 4.78. The third kappa shape index (κ3) is 3.12. The van der Waals surface area contributed by atoms with Crippen LogP contribution in [0.1, 0.15) is 38.2 Å². The van der Waals surface area contributed by atoms with Crippen molar-refractivity contribution in [3.8, 4) is 0 Å². The number of anilines is 1. The molecule has 1 aliphatic carbocycles. The summed E-state index contributed by atoms with van der Waals surface area (Å²) in [4.78, 5) is 8.27. The molecule has 0 saturated heterocycles. The Balaban J connectivity index is 2.02. The first-order valence-corrected chi connectivity index (χ1v) is 7.01. The smallest absolute Gasteiger partial charge is 0.137 e. The molecule has 1 fully saturated rings. The van der Waals surface area contributed by atoms with Crippen molar-refractivity contribution in [3.05, 3.63) is 17.0 Å². The fourth-order valence-electron chi connectivity index (χ4n) is 2.50. The van der Waals surface area contributed by atoms with E-state index in [0.717, 1.165) is 50.0 Å². The van der Waals surface area contributed by atoms with E-state index >= 15 is 0 Å². The molecule has 0 aliphatic heterocycles. The van der Waals surface area contributed by atoms with Crippen LogP contribution in [0.2, 0.25) is 5.15 Å². The molecule has 2 N–H and O–H groups in total. The van der Waals surface area contributed by atoms with E-state index in [1.807, 2.05) is 0 Å². The molecule has 1 aromatic rings. The van der Waals surface area contributed by atoms with Crippen LogP contribution in [0.3, 0.4) is 0 Å². The Morgan fingerprint density at radius 1 is 1.44 bits per heavy atom. The summed E-state index contributed by atoms with van der Waals surface area (Å²) in [5.74, 6) is 1.14. The van der Waals surface area contributed by atoms with Gasteiger partial charge in [0.05, 0.1) is 6.10 Å². The van der Waals surface area contributed by atoms with Crippen molar-refractivity contribution in [2.45, 2.75) is 45.1 Å². The van der Waals surface area contributed by atoms with E-state index in [-0.39, 0.29) is 6.10 Å². The molecular formula is C13H20ClN3O. The van der Waals surface area contributed by atoms with E-state index in [0.29, 0.717) is 11.1 Å². The summed E-state index contributed by atoms with van der Waals surface area (Å²) >= 11 is 6.09.